The second kappa shape index (κ2) is 4.55. The number of nitrogens with one attached hydrogen (secondary N) is 1. The number of aromatic nitrogens is 2. The van der Waals surface area contributed by atoms with Crippen molar-refractivity contribution in [1.29, 1.82) is 0 Å². The van der Waals surface area contributed by atoms with Crippen molar-refractivity contribution in [3.63, 3.8) is 0 Å². The number of hydrogen-bond donors (Lipinski definition) is 2. The Hall–Kier alpha value is -1.52. The predicted octanol–water partition coefficient (Wildman–Crippen LogP) is 1.51. The highest BCUT2D eigenvalue weighted by molar-refractivity contribution is 5.70. The molecule has 1 aromatic rings. The van der Waals surface area contributed by atoms with Gasteiger partial charge in [-0.15, -0.1) is 0 Å². The molecule has 0 unspecified atom stereocenters. The van der Waals surface area contributed by atoms with Crippen LogP contribution in [0.2, 0.25) is 0 Å². The monoisotopic (exact) mass is 226 g/mol. The fourth-order valence-electron chi connectivity index (χ4n) is 1.67. The van der Waals surface area contributed by atoms with Gasteiger partial charge in [0.1, 0.15) is 0 Å². The van der Waals surface area contributed by atoms with E-state index < -0.39 is 5.97 Å². The Kier molecular flexibility index (Phi) is 3.57. The van der Waals surface area contributed by atoms with Crippen LogP contribution in [0.5, 0.6) is 0 Å². The molecule has 0 atom stereocenters. The van der Waals surface area contributed by atoms with Crippen molar-refractivity contribution in [3.05, 3.63) is 21.6 Å². The first kappa shape index (κ1) is 12.5. The van der Waals surface area contributed by atoms with Gasteiger partial charge in [0.25, 0.3) is 5.56 Å². The van der Waals surface area contributed by atoms with Crippen LogP contribution in [0.4, 0.5) is 0 Å². The van der Waals surface area contributed by atoms with Crippen molar-refractivity contribution >= 4 is 5.97 Å². The second-order valence-electron chi connectivity index (χ2n) is 4.50. The summed E-state index contributed by atoms with van der Waals surface area (Å²) in [6, 6.07) is 0.00699. The highest BCUT2D eigenvalue weighted by Crippen LogP contribution is 2.16. The molecule has 0 aliphatic rings. The van der Waals surface area contributed by atoms with E-state index in [1.165, 1.54) is 4.68 Å². The van der Waals surface area contributed by atoms with Crippen LogP contribution in [0.1, 0.15) is 50.9 Å². The van der Waals surface area contributed by atoms with Gasteiger partial charge in [0.05, 0.1) is 12.0 Å². The number of carboxylic acid groups (broad SMARTS) is 1. The Morgan fingerprint density at radius 2 is 1.94 bits per heavy atom. The summed E-state index contributed by atoms with van der Waals surface area (Å²) in [7, 11) is 0. The lowest BCUT2D eigenvalue weighted by Crippen LogP contribution is -2.22. The largest absolute Gasteiger partial charge is 0.481 e. The summed E-state index contributed by atoms with van der Waals surface area (Å²) in [6.45, 7) is 7.63. The van der Waals surface area contributed by atoms with E-state index in [2.05, 4.69) is 5.10 Å². The molecule has 0 bridgehead atoms. The van der Waals surface area contributed by atoms with Crippen LogP contribution >= 0.6 is 0 Å². The van der Waals surface area contributed by atoms with Gasteiger partial charge in [-0.25, -0.2) is 0 Å². The van der Waals surface area contributed by atoms with Gasteiger partial charge in [-0.3, -0.25) is 19.4 Å². The summed E-state index contributed by atoms with van der Waals surface area (Å²) in [6.07, 6.45) is -0.220. The first-order valence-electron chi connectivity index (χ1n) is 5.39. The quantitative estimate of drug-likeness (QED) is 0.817. The minimum atomic E-state index is -0.978. The van der Waals surface area contributed by atoms with Gasteiger partial charge in [0, 0.05) is 11.7 Å². The maximum Gasteiger partial charge on any atom is 0.308 e. The lowest BCUT2D eigenvalue weighted by Gasteiger charge is -2.06. The first-order valence-corrected chi connectivity index (χ1v) is 5.39. The zero-order valence-electron chi connectivity index (χ0n) is 10.1. The van der Waals surface area contributed by atoms with E-state index in [0.29, 0.717) is 5.56 Å². The molecule has 0 fully saturated rings. The van der Waals surface area contributed by atoms with E-state index in [1.807, 2.05) is 27.7 Å². The third kappa shape index (κ3) is 2.35. The van der Waals surface area contributed by atoms with Gasteiger partial charge >= 0.3 is 5.97 Å². The van der Waals surface area contributed by atoms with Gasteiger partial charge in [-0.2, -0.15) is 0 Å². The number of rotatable bonds is 4. The number of carboxylic acids is 1. The molecule has 0 radical (unpaired) electrons. The third-order valence-electron chi connectivity index (χ3n) is 2.46. The molecule has 16 heavy (non-hydrogen) atoms. The molecule has 0 aliphatic carbocycles. The topological polar surface area (TPSA) is 75.1 Å². The van der Waals surface area contributed by atoms with Crippen molar-refractivity contribution in [2.45, 2.75) is 46.1 Å². The van der Waals surface area contributed by atoms with Crippen LogP contribution < -0.4 is 5.56 Å². The molecule has 90 valence electrons. The normalized spacial score (nSPS) is 11.4. The number of aromatic amines is 1. The van der Waals surface area contributed by atoms with E-state index in [1.54, 1.807) is 0 Å². The lowest BCUT2D eigenvalue weighted by atomic mass is 10.0. The predicted molar refractivity (Wildman–Crippen MR) is 60.9 cm³/mol. The molecule has 0 amide bonds. The van der Waals surface area contributed by atoms with Gasteiger partial charge in [0.2, 0.25) is 0 Å². The van der Waals surface area contributed by atoms with E-state index in [4.69, 9.17) is 5.11 Å². The number of aliphatic carboxylic acids is 1. The van der Waals surface area contributed by atoms with Crippen LogP contribution in [-0.2, 0) is 11.2 Å². The average molecular weight is 226 g/mol. The fourth-order valence-corrected chi connectivity index (χ4v) is 1.67. The van der Waals surface area contributed by atoms with E-state index in [-0.39, 0.29) is 23.9 Å². The van der Waals surface area contributed by atoms with Gasteiger partial charge in [-0.1, -0.05) is 13.8 Å². The van der Waals surface area contributed by atoms with Crippen LogP contribution in [-0.4, -0.2) is 20.9 Å². The van der Waals surface area contributed by atoms with Crippen molar-refractivity contribution in [2.75, 3.05) is 0 Å². The molecule has 1 rings (SSSR count). The number of carbonyl (C=O) groups is 1. The van der Waals surface area contributed by atoms with Gasteiger partial charge < -0.3 is 5.11 Å². The second-order valence-corrected chi connectivity index (χ2v) is 4.50. The van der Waals surface area contributed by atoms with Crippen molar-refractivity contribution in [2.24, 2.45) is 0 Å². The lowest BCUT2D eigenvalue weighted by molar-refractivity contribution is -0.136. The SMILES string of the molecule is CC(C)c1[nH]n(C(C)C)c(=O)c1CC(=O)O. The summed E-state index contributed by atoms with van der Waals surface area (Å²) < 4.78 is 1.48. The summed E-state index contributed by atoms with van der Waals surface area (Å²) in [4.78, 5) is 22.7. The summed E-state index contributed by atoms with van der Waals surface area (Å²) in [5, 5.41) is 11.8. The maximum absolute atomic E-state index is 11.9. The molecule has 1 aromatic heterocycles. The zero-order valence-corrected chi connectivity index (χ0v) is 10.1. The minimum Gasteiger partial charge on any atom is -0.481 e. The molecule has 5 heteroatoms. The molecule has 0 saturated heterocycles. The van der Waals surface area contributed by atoms with E-state index in [0.717, 1.165) is 5.69 Å². The zero-order chi connectivity index (χ0) is 12.5. The van der Waals surface area contributed by atoms with Gasteiger partial charge in [0.15, 0.2) is 0 Å². The molecule has 2 N–H and O–H groups in total. The van der Waals surface area contributed by atoms with Crippen molar-refractivity contribution < 1.29 is 9.90 Å². The van der Waals surface area contributed by atoms with Crippen molar-refractivity contribution in [3.8, 4) is 0 Å². The van der Waals surface area contributed by atoms with Crippen LogP contribution in [0.25, 0.3) is 0 Å². The Morgan fingerprint density at radius 3 is 2.31 bits per heavy atom. The molecule has 0 spiro atoms. The molecule has 1 heterocycles. The highest BCUT2D eigenvalue weighted by atomic mass is 16.4. The van der Waals surface area contributed by atoms with Crippen LogP contribution in [0.15, 0.2) is 4.79 Å². The molecular formula is C11H18N2O3. The molecule has 5 nitrogen and oxygen atoms in total. The van der Waals surface area contributed by atoms with Crippen LogP contribution in [0.3, 0.4) is 0 Å². The third-order valence-corrected chi connectivity index (χ3v) is 2.46. The molecule has 0 aromatic carbocycles. The fraction of sp³-hybridized carbons (Fsp3) is 0.636. The van der Waals surface area contributed by atoms with Crippen molar-refractivity contribution in [1.82, 2.24) is 9.78 Å². The molecule has 0 saturated carbocycles. The van der Waals surface area contributed by atoms with E-state index in [9.17, 15) is 9.59 Å². The van der Waals surface area contributed by atoms with Gasteiger partial charge in [-0.05, 0) is 19.8 Å². The number of hydrogen-bond acceptors (Lipinski definition) is 2. The summed E-state index contributed by atoms with van der Waals surface area (Å²) in [5.41, 5.74) is 0.874. The molecular weight excluding hydrogens is 208 g/mol. The van der Waals surface area contributed by atoms with E-state index >= 15 is 0 Å². The Balaban J connectivity index is 3.32. The van der Waals surface area contributed by atoms with Crippen LogP contribution in [0, 0.1) is 0 Å². The Labute approximate surface area is 94.1 Å². The number of nitrogens with zero attached hydrogens (tertiary/aromatic N) is 1. The maximum atomic E-state index is 11.9. The summed E-state index contributed by atoms with van der Waals surface area (Å²) >= 11 is 0. The molecule has 0 aliphatic heterocycles. The average Bonchev–Trinajstić information content (AvgIpc) is 2.43. The number of H-pyrrole nitrogens is 1. The standard InChI is InChI=1S/C11H18N2O3/c1-6(2)10-8(5-9(14)15)11(16)13(12-10)7(3)4/h6-7,12H,5H2,1-4H3,(H,14,15). The minimum absolute atomic E-state index is 0.00699. The Bertz CT molecular complexity index is 441. The highest BCUT2D eigenvalue weighted by Gasteiger charge is 2.19. The summed E-state index contributed by atoms with van der Waals surface area (Å²) in [5.74, 6) is -0.865. The first-order chi connectivity index (χ1) is 7.34. The smallest absolute Gasteiger partial charge is 0.308 e. The Morgan fingerprint density at radius 1 is 1.38 bits per heavy atom.